The molecule has 1 heterocycles. The van der Waals surface area contributed by atoms with E-state index in [-0.39, 0.29) is 47.8 Å². The predicted octanol–water partition coefficient (Wildman–Crippen LogP) is 2.79. The minimum absolute atomic E-state index is 0.0553. The molecule has 0 spiro atoms. The largest absolute Gasteiger partial charge is 0.481 e. The van der Waals surface area contributed by atoms with Crippen molar-refractivity contribution in [1.29, 1.82) is 0 Å². The number of allylic oxidation sites excluding steroid dienone is 2. The van der Waals surface area contributed by atoms with Crippen molar-refractivity contribution < 1.29 is 54.4 Å². The SMILES string of the molecule is COC(=O)[C@@]1(C)CC[C@]2(C(=O)O)CC[C@]3(C)C(=CC[C@@H]4[C@@]5(C)C[C@H](O)[C@H](O[C@@H]6OC[C@@H](O)[C@H](O)[C@H]6O)[C@@](C)(CO)[C@@H]5CC[C@]43C)C2C1. The number of aliphatic carboxylic acids is 1. The average molecular weight is 665 g/mol. The number of hydrogen-bond donors (Lipinski definition) is 6. The van der Waals surface area contributed by atoms with Crippen molar-refractivity contribution in [3.8, 4) is 0 Å². The molecule has 0 aromatic rings. The quantitative estimate of drug-likeness (QED) is 0.144. The Morgan fingerprint density at radius 2 is 1.60 bits per heavy atom. The van der Waals surface area contributed by atoms with Gasteiger partial charge in [0.1, 0.15) is 18.3 Å². The van der Waals surface area contributed by atoms with E-state index in [9.17, 15) is 40.2 Å². The maximum absolute atomic E-state index is 13.1. The molecule has 6 N–H and O–H groups in total. The number of aliphatic hydroxyl groups is 5. The van der Waals surface area contributed by atoms with Crippen LogP contribution in [0.2, 0.25) is 0 Å². The van der Waals surface area contributed by atoms with Gasteiger partial charge in [-0.1, -0.05) is 39.3 Å². The third-order valence-corrected chi connectivity index (χ3v) is 15.3. The Balaban J connectivity index is 1.35. The summed E-state index contributed by atoms with van der Waals surface area (Å²) in [6, 6.07) is 0. The van der Waals surface area contributed by atoms with Crippen LogP contribution in [0, 0.1) is 50.2 Å². The Labute approximate surface area is 277 Å². The van der Waals surface area contributed by atoms with Gasteiger partial charge in [-0.2, -0.15) is 0 Å². The topological polar surface area (TPSA) is 183 Å². The number of aliphatic hydroxyl groups excluding tert-OH is 5. The van der Waals surface area contributed by atoms with Crippen LogP contribution in [-0.4, -0.2) is 99.7 Å². The summed E-state index contributed by atoms with van der Waals surface area (Å²) in [7, 11) is 1.40. The molecule has 11 nitrogen and oxygen atoms in total. The molecule has 0 radical (unpaired) electrons. The fraction of sp³-hybridized carbons (Fsp3) is 0.889. The van der Waals surface area contributed by atoms with E-state index in [1.165, 1.54) is 7.11 Å². The number of methoxy groups -OCH3 is 1. The third kappa shape index (κ3) is 4.69. The van der Waals surface area contributed by atoms with Crippen LogP contribution in [0.5, 0.6) is 0 Å². The molecule has 0 bridgehead atoms. The molecule has 266 valence electrons. The van der Waals surface area contributed by atoms with E-state index in [1.54, 1.807) is 0 Å². The smallest absolute Gasteiger partial charge is 0.311 e. The fourth-order valence-electron chi connectivity index (χ4n) is 12.3. The van der Waals surface area contributed by atoms with Crippen molar-refractivity contribution >= 4 is 11.9 Å². The first-order chi connectivity index (χ1) is 21.9. The molecule has 1 saturated heterocycles. The molecule has 0 aromatic carbocycles. The Morgan fingerprint density at radius 3 is 2.23 bits per heavy atom. The lowest BCUT2D eigenvalue weighted by atomic mass is 9.33. The second-order valence-electron chi connectivity index (χ2n) is 17.3. The van der Waals surface area contributed by atoms with Gasteiger partial charge in [0.25, 0.3) is 0 Å². The van der Waals surface area contributed by atoms with Crippen LogP contribution in [0.1, 0.15) is 92.4 Å². The molecule has 15 atom stereocenters. The van der Waals surface area contributed by atoms with Gasteiger partial charge in [0.15, 0.2) is 6.29 Å². The number of esters is 1. The molecular formula is C36H56O11. The van der Waals surface area contributed by atoms with Gasteiger partial charge in [-0.05, 0) is 98.7 Å². The average Bonchev–Trinajstić information content (AvgIpc) is 3.02. The lowest BCUT2D eigenvalue weighted by Gasteiger charge is -2.71. The van der Waals surface area contributed by atoms with Gasteiger partial charge in [0.05, 0.1) is 43.4 Å². The molecule has 0 aromatic heterocycles. The monoisotopic (exact) mass is 664 g/mol. The Bertz CT molecular complexity index is 1300. The molecule has 1 unspecified atom stereocenters. The summed E-state index contributed by atoms with van der Waals surface area (Å²) in [6.45, 7) is 10.2. The van der Waals surface area contributed by atoms with E-state index in [4.69, 9.17) is 14.2 Å². The highest BCUT2D eigenvalue weighted by atomic mass is 16.7. The molecular weight excluding hydrogens is 608 g/mol. The maximum Gasteiger partial charge on any atom is 0.311 e. The van der Waals surface area contributed by atoms with Crippen molar-refractivity contribution in [3.05, 3.63) is 11.6 Å². The number of rotatable bonds is 5. The van der Waals surface area contributed by atoms with Crippen LogP contribution in [0.4, 0.5) is 0 Å². The van der Waals surface area contributed by atoms with E-state index in [2.05, 4.69) is 26.8 Å². The van der Waals surface area contributed by atoms with E-state index in [1.807, 2.05) is 13.8 Å². The molecule has 5 fully saturated rings. The van der Waals surface area contributed by atoms with Crippen molar-refractivity contribution in [1.82, 2.24) is 0 Å². The standard InChI is InChI=1S/C36H56O11/c1-31(30(44)45-6)11-13-36(29(42)43)14-12-34(4)19(20(36)15-31)7-8-24-32(2)16-21(38)27(47-28-26(41)25(40)22(39)17-46-28)33(3,18-37)23(32)9-10-35(24,34)5/h7,20-28,37-41H,8-18H2,1-6H3,(H,42,43)/t20?,21-,22+,23+,24+,25-,26+,27-,28-,31-,32-,33-,34+,35+,36-/m0/s1. The third-order valence-electron chi connectivity index (χ3n) is 15.3. The number of ether oxygens (including phenoxy) is 3. The van der Waals surface area contributed by atoms with E-state index < -0.39 is 64.4 Å². The summed E-state index contributed by atoms with van der Waals surface area (Å²) < 4.78 is 17.0. The van der Waals surface area contributed by atoms with Crippen LogP contribution in [0.15, 0.2) is 11.6 Å². The predicted molar refractivity (Wildman–Crippen MR) is 168 cm³/mol. The number of carboxylic acid groups (broad SMARTS) is 1. The zero-order chi connectivity index (χ0) is 34.5. The molecule has 47 heavy (non-hydrogen) atoms. The summed E-state index contributed by atoms with van der Waals surface area (Å²) in [5.41, 5.74) is -2.39. The fourth-order valence-corrected chi connectivity index (χ4v) is 12.3. The van der Waals surface area contributed by atoms with Crippen LogP contribution in [0.3, 0.4) is 0 Å². The van der Waals surface area contributed by atoms with Gasteiger partial charge in [0.2, 0.25) is 0 Å². The second-order valence-corrected chi connectivity index (χ2v) is 17.3. The number of carbonyl (C=O) groups is 2. The van der Waals surface area contributed by atoms with Crippen LogP contribution in [-0.2, 0) is 23.8 Å². The Kier molecular flexibility index (Phi) is 8.60. The van der Waals surface area contributed by atoms with Gasteiger partial charge >= 0.3 is 11.9 Å². The van der Waals surface area contributed by atoms with Crippen LogP contribution < -0.4 is 0 Å². The molecule has 0 amide bonds. The van der Waals surface area contributed by atoms with Gasteiger partial charge in [-0.25, -0.2) is 0 Å². The highest BCUT2D eigenvalue weighted by Gasteiger charge is 2.71. The minimum Gasteiger partial charge on any atom is -0.481 e. The van der Waals surface area contributed by atoms with Crippen LogP contribution in [0.25, 0.3) is 0 Å². The molecule has 11 heteroatoms. The van der Waals surface area contributed by atoms with Gasteiger partial charge in [-0.3, -0.25) is 9.59 Å². The van der Waals surface area contributed by atoms with Crippen molar-refractivity contribution in [2.45, 2.75) is 129 Å². The second kappa shape index (κ2) is 11.5. The van der Waals surface area contributed by atoms with E-state index in [0.717, 1.165) is 24.8 Å². The highest BCUT2D eigenvalue weighted by molar-refractivity contribution is 5.80. The first kappa shape index (κ1) is 35.2. The zero-order valence-electron chi connectivity index (χ0n) is 28.8. The number of hydrogen-bond acceptors (Lipinski definition) is 10. The molecule has 4 saturated carbocycles. The van der Waals surface area contributed by atoms with Crippen molar-refractivity contribution in [2.75, 3.05) is 20.3 Å². The summed E-state index contributed by atoms with van der Waals surface area (Å²) in [5.74, 6) is -1.29. The summed E-state index contributed by atoms with van der Waals surface area (Å²) in [6.07, 6.45) is 0.204. The van der Waals surface area contributed by atoms with Crippen molar-refractivity contribution in [2.24, 2.45) is 50.2 Å². The Hall–Kier alpha value is -1.60. The summed E-state index contributed by atoms with van der Waals surface area (Å²) >= 11 is 0. The van der Waals surface area contributed by atoms with E-state index >= 15 is 0 Å². The molecule has 1 aliphatic heterocycles. The van der Waals surface area contributed by atoms with Crippen molar-refractivity contribution in [3.63, 3.8) is 0 Å². The summed E-state index contributed by atoms with van der Waals surface area (Å²) in [4.78, 5) is 26.1. The highest BCUT2D eigenvalue weighted by Crippen LogP contribution is 2.76. The summed E-state index contributed by atoms with van der Waals surface area (Å²) in [5, 5.41) is 64.3. The molecule has 6 rings (SSSR count). The number of carbonyl (C=O) groups excluding carboxylic acids is 1. The normalized spacial score (nSPS) is 54.2. The minimum atomic E-state index is -1.51. The first-order valence-corrected chi connectivity index (χ1v) is 17.5. The zero-order valence-corrected chi connectivity index (χ0v) is 28.8. The maximum atomic E-state index is 13.1. The van der Waals surface area contributed by atoms with Gasteiger partial charge in [-0.15, -0.1) is 0 Å². The number of carboxylic acids is 1. The molecule has 5 aliphatic carbocycles. The first-order valence-electron chi connectivity index (χ1n) is 17.5. The van der Waals surface area contributed by atoms with Crippen LogP contribution >= 0.6 is 0 Å². The number of fused-ring (bicyclic) bond motifs is 7. The lowest BCUT2D eigenvalue weighted by Crippen LogP contribution is -2.69. The Morgan fingerprint density at radius 1 is 0.915 bits per heavy atom. The lowest BCUT2D eigenvalue weighted by molar-refractivity contribution is -0.328. The van der Waals surface area contributed by atoms with E-state index in [0.29, 0.717) is 38.5 Å². The van der Waals surface area contributed by atoms with Gasteiger partial charge < -0.3 is 44.8 Å². The van der Waals surface area contributed by atoms with Gasteiger partial charge in [0, 0.05) is 5.41 Å². The molecule has 6 aliphatic rings.